The van der Waals surface area contributed by atoms with Crippen molar-refractivity contribution < 1.29 is 22.6 Å². The second-order valence-electron chi connectivity index (χ2n) is 6.29. The van der Waals surface area contributed by atoms with E-state index in [9.17, 15) is 8.42 Å². The van der Waals surface area contributed by atoms with Crippen molar-refractivity contribution in [1.82, 2.24) is 19.1 Å². The third-order valence-electron chi connectivity index (χ3n) is 4.49. The van der Waals surface area contributed by atoms with Gasteiger partial charge in [0, 0.05) is 25.8 Å². The number of benzene rings is 1. The van der Waals surface area contributed by atoms with Crippen LogP contribution in [-0.2, 0) is 27.9 Å². The molecule has 0 fully saturated rings. The number of fused-ring (bicyclic) bond motifs is 2. The lowest BCUT2D eigenvalue weighted by molar-refractivity contribution is 0.168. The monoisotopic (exact) mass is 380 g/mol. The number of methoxy groups -OCH3 is 1. The first kappa shape index (κ1) is 17.3. The first-order valence-corrected chi connectivity index (χ1v) is 9.76. The van der Waals surface area contributed by atoms with Crippen LogP contribution in [-0.4, -0.2) is 54.4 Å². The van der Waals surface area contributed by atoms with Crippen LogP contribution in [0.3, 0.4) is 0 Å². The Hall–Kier alpha value is -2.17. The molecule has 2 aliphatic heterocycles. The summed E-state index contributed by atoms with van der Waals surface area (Å²) in [5.41, 5.74) is 0. The number of hydrogen-bond acceptors (Lipinski definition) is 7. The standard InChI is InChI=1S/C16H20N4O5S/c1-11-8-19(9-15-17-18-16(10-23-2)20(11)15)26(21,22)12-3-4-13-14(7-12)25-6-5-24-13/h3-4,7,11H,5-6,8-10H2,1-2H3/t11-/m0/s1. The Kier molecular flexibility index (Phi) is 4.33. The molecular weight excluding hydrogens is 360 g/mol. The second kappa shape index (κ2) is 6.53. The summed E-state index contributed by atoms with van der Waals surface area (Å²) in [5.74, 6) is 2.32. The molecule has 3 heterocycles. The third-order valence-corrected chi connectivity index (χ3v) is 6.30. The highest BCUT2D eigenvalue weighted by atomic mass is 32.2. The fourth-order valence-electron chi connectivity index (χ4n) is 3.32. The molecular formula is C16H20N4O5S. The van der Waals surface area contributed by atoms with Gasteiger partial charge < -0.3 is 18.8 Å². The van der Waals surface area contributed by atoms with Crippen LogP contribution in [0, 0.1) is 0 Å². The second-order valence-corrected chi connectivity index (χ2v) is 8.23. The average molecular weight is 380 g/mol. The molecule has 10 heteroatoms. The minimum atomic E-state index is -3.69. The zero-order chi connectivity index (χ0) is 18.3. The van der Waals surface area contributed by atoms with Crippen LogP contribution in [0.1, 0.15) is 24.6 Å². The van der Waals surface area contributed by atoms with Gasteiger partial charge in [-0.2, -0.15) is 4.31 Å². The van der Waals surface area contributed by atoms with Crippen LogP contribution in [0.2, 0.25) is 0 Å². The summed E-state index contributed by atoms with van der Waals surface area (Å²) < 4.78 is 45.7. The molecule has 0 amide bonds. The predicted octanol–water partition coefficient (Wildman–Crippen LogP) is 0.961. The molecule has 0 spiro atoms. The van der Waals surface area contributed by atoms with Crippen molar-refractivity contribution in [2.45, 2.75) is 31.0 Å². The zero-order valence-corrected chi connectivity index (χ0v) is 15.4. The molecule has 0 radical (unpaired) electrons. The van der Waals surface area contributed by atoms with Gasteiger partial charge in [0.25, 0.3) is 0 Å². The molecule has 1 atom stereocenters. The van der Waals surface area contributed by atoms with Gasteiger partial charge in [-0.3, -0.25) is 0 Å². The van der Waals surface area contributed by atoms with Crippen LogP contribution in [0.4, 0.5) is 0 Å². The van der Waals surface area contributed by atoms with Gasteiger partial charge in [0.2, 0.25) is 10.0 Å². The Balaban J connectivity index is 1.64. The summed E-state index contributed by atoms with van der Waals surface area (Å²) >= 11 is 0. The van der Waals surface area contributed by atoms with E-state index in [4.69, 9.17) is 14.2 Å². The highest BCUT2D eigenvalue weighted by Crippen LogP contribution is 2.34. The van der Waals surface area contributed by atoms with Gasteiger partial charge in [-0.15, -0.1) is 10.2 Å². The van der Waals surface area contributed by atoms with E-state index in [0.29, 0.717) is 49.5 Å². The molecule has 2 aliphatic rings. The zero-order valence-electron chi connectivity index (χ0n) is 14.6. The summed E-state index contributed by atoms with van der Waals surface area (Å²) in [5, 5.41) is 8.25. The van der Waals surface area contributed by atoms with Gasteiger partial charge in [-0.25, -0.2) is 8.42 Å². The maximum atomic E-state index is 13.1. The highest BCUT2D eigenvalue weighted by Gasteiger charge is 2.34. The minimum absolute atomic E-state index is 0.0918. The van der Waals surface area contributed by atoms with Crippen molar-refractivity contribution in [3.63, 3.8) is 0 Å². The van der Waals surface area contributed by atoms with E-state index < -0.39 is 10.0 Å². The van der Waals surface area contributed by atoms with E-state index >= 15 is 0 Å². The van der Waals surface area contributed by atoms with Crippen LogP contribution >= 0.6 is 0 Å². The first-order chi connectivity index (χ1) is 12.5. The predicted molar refractivity (Wildman–Crippen MR) is 90.5 cm³/mol. The molecule has 26 heavy (non-hydrogen) atoms. The Labute approximate surface area is 151 Å². The molecule has 4 rings (SSSR count). The Bertz CT molecular complexity index is 927. The summed E-state index contributed by atoms with van der Waals surface area (Å²) in [7, 11) is -2.10. The average Bonchev–Trinajstić information content (AvgIpc) is 3.05. The summed E-state index contributed by atoms with van der Waals surface area (Å²) in [6.07, 6.45) is 0. The van der Waals surface area contributed by atoms with E-state index in [1.165, 1.54) is 10.4 Å². The first-order valence-electron chi connectivity index (χ1n) is 8.32. The van der Waals surface area contributed by atoms with Crippen LogP contribution in [0.25, 0.3) is 0 Å². The quantitative estimate of drug-likeness (QED) is 0.779. The van der Waals surface area contributed by atoms with Crippen molar-refractivity contribution in [2.24, 2.45) is 0 Å². The van der Waals surface area contributed by atoms with E-state index in [2.05, 4.69) is 10.2 Å². The van der Waals surface area contributed by atoms with Gasteiger partial charge in [-0.05, 0) is 19.1 Å². The van der Waals surface area contributed by atoms with E-state index in [1.54, 1.807) is 19.2 Å². The van der Waals surface area contributed by atoms with Crippen molar-refractivity contribution in [1.29, 1.82) is 0 Å². The topological polar surface area (TPSA) is 95.8 Å². The lowest BCUT2D eigenvalue weighted by atomic mass is 10.2. The Morgan fingerprint density at radius 3 is 2.77 bits per heavy atom. The van der Waals surface area contributed by atoms with Gasteiger partial charge in [0.05, 0.1) is 11.4 Å². The number of aromatic nitrogens is 3. The molecule has 0 N–H and O–H groups in total. The van der Waals surface area contributed by atoms with Crippen molar-refractivity contribution in [3.8, 4) is 11.5 Å². The fourth-order valence-corrected chi connectivity index (χ4v) is 4.81. The smallest absolute Gasteiger partial charge is 0.243 e. The van der Waals surface area contributed by atoms with Crippen LogP contribution in [0.15, 0.2) is 23.1 Å². The normalized spacial score (nSPS) is 20.0. The number of sulfonamides is 1. The molecule has 140 valence electrons. The van der Waals surface area contributed by atoms with Crippen LogP contribution in [0.5, 0.6) is 11.5 Å². The molecule has 2 aromatic rings. The molecule has 0 bridgehead atoms. The summed E-state index contributed by atoms with van der Waals surface area (Å²) in [6.45, 7) is 3.64. The van der Waals surface area contributed by atoms with Crippen molar-refractivity contribution >= 4 is 10.0 Å². The lowest BCUT2D eigenvalue weighted by Crippen LogP contribution is -2.40. The third kappa shape index (κ3) is 2.83. The van der Waals surface area contributed by atoms with Crippen LogP contribution < -0.4 is 9.47 Å². The molecule has 1 aromatic heterocycles. The van der Waals surface area contributed by atoms with E-state index in [1.807, 2.05) is 11.5 Å². The molecule has 0 unspecified atom stereocenters. The van der Waals surface area contributed by atoms with Gasteiger partial charge in [-0.1, -0.05) is 0 Å². The molecule has 1 aromatic carbocycles. The molecule has 9 nitrogen and oxygen atoms in total. The van der Waals surface area contributed by atoms with Gasteiger partial charge in [0.15, 0.2) is 17.3 Å². The molecule has 0 saturated carbocycles. The van der Waals surface area contributed by atoms with E-state index in [-0.39, 0.29) is 17.5 Å². The Morgan fingerprint density at radius 2 is 2.00 bits per heavy atom. The van der Waals surface area contributed by atoms with E-state index in [0.717, 1.165) is 0 Å². The van der Waals surface area contributed by atoms with Crippen molar-refractivity contribution in [3.05, 3.63) is 29.8 Å². The summed E-state index contributed by atoms with van der Waals surface area (Å²) in [6, 6.07) is 4.60. The molecule has 0 aliphatic carbocycles. The summed E-state index contributed by atoms with van der Waals surface area (Å²) in [4.78, 5) is 0.180. The number of ether oxygens (including phenoxy) is 3. The van der Waals surface area contributed by atoms with Gasteiger partial charge in [0.1, 0.15) is 25.6 Å². The maximum absolute atomic E-state index is 13.1. The largest absolute Gasteiger partial charge is 0.486 e. The van der Waals surface area contributed by atoms with Gasteiger partial charge >= 0.3 is 0 Å². The SMILES string of the molecule is COCc1nnc2n1[C@@H](C)CN(S(=O)(=O)c1ccc3c(c1)OCCO3)C2. The fraction of sp³-hybridized carbons (Fsp3) is 0.500. The number of nitrogens with zero attached hydrogens (tertiary/aromatic N) is 4. The van der Waals surface area contributed by atoms with Crippen molar-refractivity contribution in [2.75, 3.05) is 26.9 Å². The Morgan fingerprint density at radius 1 is 1.23 bits per heavy atom. The number of rotatable bonds is 4. The molecule has 0 saturated heterocycles. The maximum Gasteiger partial charge on any atom is 0.243 e. The lowest BCUT2D eigenvalue weighted by Gasteiger charge is -2.32. The highest BCUT2D eigenvalue weighted by molar-refractivity contribution is 7.89. The minimum Gasteiger partial charge on any atom is -0.486 e. The number of hydrogen-bond donors (Lipinski definition) is 0.